The summed E-state index contributed by atoms with van der Waals surface area (Å²) in [7, 11) is 4.23. The van der Waals surface area contributed by atoms with Gasteiger partial charge < -0.3 is 15.1 Å². The molecule has 4 heteroatoms. The molecule has 3 nitrogen and oxygen atoms in total. The maximum atomic E-state index is 14.3. The molecule has 1 unspecified atom stereocenters. The minimum absolute atomic E-state index is 0.0171. The predicted molar refractivity (Wildman–Crippen MR) is 87.3 cm³/mol. The molecule has 0 aromatic heterocycles. The molecule has 0 aliphatic carbocycles. The quantitative estimate of drug-likeness (QED) is 0.921. The molecule has 1 aromatic carbocycles. The van der Waals surface area contributed by atoms with Gasteiger partial charge in [0.2, 0.25) is 0 Å². The fourth-order valence-electron chi connectivity index (χ4n) is 2.75. The molecule has 0 amide bonds. The summed E-state index contributed by atoms with van der Waals surface area (Å²) in [5.41, 5.74) is 1.81. The Morgan fingerprint density at radius 2 is 2.05 bits per heavy atom. The third-order valence-electron chi connectivity index (χ3n) is 4.12. The first-order valence-corrected chi connectivity index (χ1v) is 7.72. The first-order chi connectivity index (χ1) is 9.78. The zero-order chi connectivity index (χ0) is 15.6. The van der Waals surface area contributed by atoms with Gasteiger partial charge in [0.05, 0.1) is 0 Å². The summed E-state index contributed by atoms with van der Waals surface area (Å²) in [5, 5.41) is 3.40. The van der Waals surface area contributed by atoms with Crippen molar-refractivity contribution in [3.8, 4) is 0 Å². The van der Waals surface area contributed by atoms with Crippen LogP contribution in [0.5, 0.6) is 0 Å². The molecule has 1 aliphatic heterocycles. The number of hydrogen-bond donors (Lipinski definition) is 1. The number of rotatable bonds is 4. The van der Waals surface area contributed by atoms with Gasteiger partial charge in [0.25, 0.3) is 0 Å². The molecule has 1 fully saturated rings. The van der Waals surface area contributed by atoms with Gasteiger partial charge in [-0.1, -0.05) is 6.07 Å². The second-order valence-corrected chi connectivity index (χ2v) is 7.19. The smallest absolute Gasteiger partial charge is 0.129 e. The van der Waals surface area contributed by atoms with E-state index in [1.54, 1.807) is 6.07 Å². The molecule has 0 radical (unpaired) electrons. The molecule has 1 atom stereocenters. The Kier molecular flexibility index (Phi) is 4.89. The Labute approximate surface area is 128 Å². The van der Waals surface area contributed by atoms with Gasteiger partial charge in [-0.05, 0) is 53.4 Å². The van der Waals surface area contributed by atoms with Crippen LogP contribution in [0, 0.1) is 5.82 Å². The molecule has 118 valence electrons. The van der Waals surface area contributed by atoms with Crippen LogP contribution >= 0.6 is 0 Å². The highest BCUT2D eigenvalue weighted by Gasteiger charge is 2.26. The summed E-state index contributed by atoms with van der Waals surface area (Å²) in [5.74, 6) is -0.113. The maximum Gasteiger partial charge on any atom is 0.129 e. The van der Waals surface area contributed by atoms with Crippen molar-refractivity contribution in [2.24, 2.45) is 0 Å². The first-order valence-electron chi connectivity index (χ1n) is 7.72. The minimum atomic E-state index is -0.113. The standard InChI is InChI=1S/C17H28FN3/c1-17(2,3)19-11-14-15(18)7-6-8-16(14)21-10-9-13(12-21)20(4)5/h6-8,13,19H,9-12H2,1-5H3. The van der Waals surface area contributed by atoms with Crippen molar-refractivity contribution in [3.05, 3.63) is 29.6 Å². The molecule has 0 spiro atoms. The lowest BCUT2D eigenvalue weighted by molar-refractivity contribution is 0.315. The van der Waals surface area contributed by atoms with Crippen molar-refractivity contribution in [2.45, 2.75) is 45.3 Å². The lowest BCUT2D eigenvalue weighted by Crippen LogP contribution is -2.36. The highest BCUT2D eigenvalue weighted by Crippen LogP contribution is 2.28. The largest absolute Gasteiger partial charge is 0.370 e. The molecule has 1 aromatic rings. The summed E-state index contributed by atoms with van der Waals surface area (Å²) in [6.45, 7) is 8.84. The number of nitrogens with one attached hydrogen (secondary N) is 1. The van der Waals surface area contributed by atoms with Crippen LogP contribution in [-0.4, -0.2) is 43.7 Å². The molecule has 1 aliphatic rings. The van der Waals surface area contributed by atoms with E-state index >= 15 is 0 Å². The second-order valence-electron chi connectivity index (χ2n) is 7.19. The van der Waals surface area contributed by atoms with Gasteiger partial charge >= 0.3 is 0 Å². The molecule has 21 heavy (non-hydrogen) atoms. The highest BCUT2D eigenvalue weighted by molar-refractivity contribution is 5.55. The van der Waals surface area contributed by atoms with Crippen molar-refractivity contribution in [2.75, 3.05) is 32.1 Å². The van der Waals surface area contributed by atoms with Gasteiger partial charge in [-0.25, -0.2) is 4.39 Å². The van der Waals surface area contributed by atoms with Crippen LogP contribution in [0.15, 0.2) is 18.2 Å². The van der Waals surface area contributed by atoms with Crippen LogP contribution in [0.25, 0.3) is 0 Å². The summed E-state index contributed by atoms with van der Waals surface area (Å²) in [4.78, 5) is 4.57. The van der Waals surface area contributed by atoms with E-state index in [1.807, 2.05) is 12.1 Å². The zero-order valence-corrected chi connectivity index (χ0v) is 13.9. The third kappa shape index (κ3) is 4.17. The predicted octanol–water partition coefficient (Wildman–Crippen LogP) is 2.85. The highest BCUT2D eigenvalue weighted by atomic mass is 19.1. The van der Waals surface area contributed by atoms with Crippen molar-refractivity contribution < 1.29 is 4.39 Å². The molecule has 1 heterocycles. The first kappa shape index (κ1) is 16.2. The molecule has 0 bridgehead atoms. The van der Waals surface area contributed by atoms with Gasteiger partial charge in [0.1, 0.15) is 5.82 Å². The fraction of sp³-hybridized carbons (Fsp3) is 0.647. The number of nitrogens with zero attached hydrogens (tertiary/aromatic N) is 2. The molecule has 2 rings (SSSR count). The van der Waals surface area contributed by atoms with E-state index in [2.05, 4.69) is 50.0 Å². The van der Waals surface area contributed by atoms with Crippen molar-refractivity contribution in [1.29, 1.82) is 0 Å². The topological polar surface area (TPSA) is 18.5 Å². The van der Waals surface area contributed by atoms with Crippen molar-refractivity contribution in [3.63, 3.8) is 0 Å². The number of benzene rings is 1. The van der Waals surface area contributed by atoms with Gasteiger partial charge in [0, 0.05) is 42.5 Å². The van der Waals surface area contributed by atoms with Crippen LogP contribution in [0.1, 0.15) is 32.8 Å². The van der Waals surface area contributed by atoms with E-state index < -0.39 is 0 Å². The summed E-state index contributed by atoms with van der Waals surface area (Å²) >= 11 is 0. The summed E-state index contributed by atoms with van der Waals surface area (Å²) in [6.07, 6.45) is 1.13. The molecule has 1 saturated heterocycles. The SMILES string of the molecule is CN(C)C1CCN(c2cccc(F)c2CNC(C)(C)C)C1. The van der Waals surface area contributed by atoms with Gasteiger partial charge in [-0.15, -0.1) is 0 Å². The Morgan fingerprint density at radius 1 is 1.33 bits per heavy atom. The Morgan fingerprint density at radius 3 is 2.62 bits per heavy atom. The minimum Gasteiger partial charge on any atom is -0.370 e. The van der Waals surface area contributed by atoms with Crippen molar-refractivity contribution >= 4 is 5.69 Å². The molecule has 0 saturated carbocycles. The van der Waals surface area contributed by atoms with E-state index in [1.165, 1.54) is 0 Å². The normalized spacial score (nSPS) is 19.6. The number of anilines is 1. The third-order valence-corrected chi connectivity index (χ3v) is 4.12. The van der Waals surface area contributed by atoms with Gasteiger partial charge in [-0.2, -0.15) is 0 Å². The van der Waals surface area contributed by atoms with E-state index in [0.29, 0.717) is 12.6 Å². The van der Waals surface area contributed by atoms with Gasteiger partial charge in [-0.3, -0.25) is 0 Å². The van der Waals surface area contributed by atoms with Crippen LogP contribution in [-0.2, 0) is 6.54 Å². The lowest BCUT2D eigenvalue weighted by Gasteiger charge is -2.26. The Bertz CT molecular complexity index is 479. The summed E-state index contributed by atoms with van der Waals surface area (Å²) in [6, 6.07) is 5.97. The summed E-state index contributed by atoms with van der Waals surface area (Å²) < 4.78 is 14.3. The average Bonchev–Trinajstić information content (AvgIpc) is 2.85. The van der Waals surface area contributed by atoms with E-state index in [4.69, 9.17) is 0 Å². The molecule has 1 N–H and O–H groups in total. The number of hydrogen-bond acceptors (Lipinski definition) is 3. The second kappa shape index (κ2) is 6.32. The molecular formula is C17H28FN3. The average molecular weight is 293 g/mol. The van der Waals surface area contributed by atoms with Crippen LogP contribution in [0.4, 0.5) is 10.1 Å². The van der Waals surface area contributed by atoms with E-state index in [-0.39, 0.29) is 11.4 Å². The molecular weight excluding hydrogens is 265 g/mol. The van der Waals surface area contributed by atoms with Gasteiger partial charge in [0.15, 0.2) is 0 Å². The number of likely N-dealkylation sites (N-methyl/N-ethyl adjacent to an activating group) is 1. The Balaban J connectivity index is 2.18. The van der Waals surface area contributed by atoms with Crippen LogP contribution in [0.2, 0.25) is 0 Å². The lowest BCUT2D eigenvalue weighted by atomic mass is 10.1. The number of halogens is 1. The van der Waals surface area contributed by atoms with E-state index in [9.17, 15) is 4.39 Å². The van der Waals surface area contributed by atoms with Crippen LogP contribution < -0.4 is 10.2 Å². The van der Waals surface area contributed by atoms with E-state index in [0.717, 1.165) is 30.8 Å². The monoisotopic (exact) mass is 293 g/mol. The van der Waals surface area contributed by atoms with Crippen LogP contribution in [0.3, 0.4) is 0 Å². The van der Waals surface area contributed by atoms with Crippen molar-refractivity contribution in [1.82, 2.24) is 10.2 Å². The Hall–Kier alpha value is -1.13. The fourth-order valence-corrected chi connectivity index (χ4v) is 2.75. The zero-order valence-electron chi connectivity index (χ0n) is 13.9. The maximum absolute atomic E-state index is 14.3.